The van der Waals surface area contributed by atoms with E-state index in [0.29, 0.717) is 44.5 Å². The first kappa shape index (κ1) is 17.8. The zero-order chi connectivity index (χ0) is 17.6. The molecule has 136 valence electrons. The Morgan fingerprint density at radius 2 is 2.08 bits per heavy atom. The fraction of sp³-hybridized carbons (Fsp3) is 0.647. The Hall–Kier alpha value is -2.06. The molecule has 2 bridgehead atoms. The van der Waals surface area contributed by atoms with Crippen molar-refractivity contribution in [2.24, 2.45) is 5.92 Å². The Balaban J connectivity index is 1.62. The van der Waals surface area contributed by atoms with Crippen molar-refractivity contribution in [1.82, 2.24) is 19.8 Å². The summed E-state index contributed by atoms with van der Waals surface area (Å²) >= 11 is 0. The standard InChI is InChI=1S/C17H24N4O4/c1-24-6-7-25-12-16(22)21-10-13-2-3-14(21)11-20(9-13)17(23)15-8-18-4-5-19-15/h4-5,8,13-14H,2-3,6-7,9-12H2,1H3/t13-,14+/m1/s1. The normalized spacial score (nSPS) is 22.8. The number of amides is 2. The van der Waals surface area contributed by atoms with Gasteiger partial charge >= 0.3 is 0 Å². The maximum atomic E-state index is 12.7. The van der Waals surface area contributed by atoms with Gasteiger partial charge in [0.15, 0.2) is 0 Å². The fourth-order valence-electron chi connectivity index (χ4n) is 3.51. The van der Waals surface area contributed by atoms with E-state index >= 15 is 0 Å². The smallest absolute Gasteiger partial charge is 0.274 e. The highest BCUT2D eigenvalue weighted by molar-refractivity contribution is 5.92. The van der Waals surface area contributed by atoms with E-state index in [2.05, 4.69) is 9.97 Å². The molecule has 1 aromatic rings. The third-order valence-electron chi connectivity index (χ3n) is 4.76. The zero-order valence-electron chi connectivity index (χ0n) is 14.5. The van der Waals surface area contributed by atoms with Crippen LogP contribution in [0.5, 0.6) is 0 Å². The number of nitrogens with zero attached hydrogens (tertiary/aromatic N) is 4. The highest BCUT2D eigenvalue weighted by Gasteiger charge is 2.38. The second-order valence-corrected chi connectivity index (χ2v) is 6.49. The molecule has 3 aliphatic rings. The van der Waals surface area contributed by atoms with Crippen molar-refractivity contribution in [2.75, 3.05) is 46.6 Å². The van der Waals surface area contributed by atoms with Crippen molar-refractivity contribution in [3.05, 3.63) is 24.3 Å². The summed E-state index contributed by atoms with van der Waals surface area (Å²) in [6.07, 6.45) is 6.50. The van der Waals surface area contributed by atoms with E-state index in [-0.39, 0.29) is 24.5 Å². The van der Waals surface area contributed by atoms with Gasteiger partial charge in [-0.1, -0.05) is 0 Å². The average Bonchev–Trinajstić information content (AvgIpc) is 2.97. The van der Waals surface area contributed by atoms with E-state index in [1.165, 1.54) is 12.4 Å². The lowest BCUT2D eigenvalue weighted by Gasteiger charge is -2.36. The Labute approximate surface area is 147 Å². The van der Waals surface area contributed by atoms with Crippen LogP contribution < -0.4 is 0 Å². The number of ether oxygens (including phenoxy) is 2. The van der Waals surface area contributed by atoms with E-state index < -0.39 is 0 Å². The van der Waals surface area contributed by atoms with Gasteiger partial charge in [-0.2, -0.15) is 0 Å². The minimum Gasteiger partial charge on any atom is -0.382 e. The van der Waals surface area contributed by atoms with Crippen molar-refractivity contribution >= 4 is 11.8 Å². The molecule has 0 radical (unpaired) electrons. The van der Waals surface area contributed by atoms with Crippen LogP contribution in [0.15, 0.2) is 18.6 Å². The number of rotatable bonds is 6. The van der Waals surface area contributed by atoms with Gasteiger partial charge in [-0.15, -0.1) is 0 Å². The number of hydrogen-bond donors (Lipinski definition) is 0. The molecule has 0 aromatic carbocycles. The number of carbonyl (C=O) groups is 2. The summed E-state index contributed by atoms with van der Waals surface area (Å²) in [7, 11) is 1.60. The summed E-state index contributed by atoms with van der Waals surface area (Å²) in [5, 5.41) is 0. The molecule has 2 amide bonds. The predicted molar refractivity (Wildman–Crippen MR) is 88.9 cm³/mol. The van der Waals surface area contributed by atoms with Gasteiger partial charge in [0.2, 0.25) is 5.91 Å². The molecule has 0 unspecified atom stereocenters. The summed E-state index contributed by atoms with van der Waals surface area (Å²) in [6, 6.07) is 0.0397. The molecule has 8 heteroatoms. The average molecular weight is 348 g/mol. The lowest BCUT2D eigenvalue weighted by Crippen LogP contribution is -2.49. The van der Waals surface area contributed by atoms with Crippen LogP contribution in [0.2, 0.25) is 0 Å². The number of aromatic nitrogens is 2. The SMILES string of the molecule is COCCOCC(=O)N1C[C@@H]2CC[C@H]1CN(C(=O)c1cnccn1)C2. The maximum Gasteiger partial charge on any atom is 0.274 e. The number of hydrogen-bond acceptors (Lipinski definition) is 6. The number of methoxy groups -OCH3 is 1. The molecule has 0 spiro atoms. The third kappa shape index (κ3) is 4.32. The summed E-state index contributed by atoms with van der Waals surface area (Å²) in [4.78, 5) is 36.9. The quantitative estimate of drug-likeness (QED) is 0.683. The molecule has 25 heavy (non-hydrogen) atoms. The van der Waals surface area contributed by atoms with Crippen molar-refractivity contribution in [3.8, 4) is 0 Å². The van der Waals surface area contributed by atoms with Gasteiger partial charge in [0, 0.05) is 45.2 Å². The lowest BCUT2D eigenvalue weighted by molar-refractivity contribution is -0.140. The first-order valence-corrected chi connectivity index (χ1v) is 8.60. The Morgan fingerprint density at radius 3 is 2.84 bits per heavy atom. The molecule has 8 nitrogen and oxygen atoms in total. The minimum atomic E-state index is -0.115. The predicted octanol–water partition coefficient (Wildman–Crippen LogP) is 0.203. The third-order valence-corrected chi connectivity index (χ3v) is 4.76. The molecule has 3 saturated heterocycles. The largest absolute Gasteiger partial charge is 0.382 e. The molecule has 0 N–H and O–H groups in total. The van der Waals surface area contributed by atoms with E-state index in [1.54, 1.807) is 13.3 Å². The van der Waals surface area contributed by atoms with Gasteiger partial charge < -0.3 is 19.3 Å². The van der Waals surface area contributed by atoms with E-state index in [0.717, 1.165) is 12.8 Å². The molecule has 4 rings (SSSR count). The van der Waals surface area contributed by atoms with Crippen LogP contribution in [0.25, 0.3) is 0 Å². The lowest BCUT2D eigenvalue weighted by atomic mass is 9.95. The topological polar surface area (TPSA) is 84.9 Å². The monoisotopic (exact) mass is 348 g/mol. The van der Waals surface area contributed by atoms with Gasteiger partial charge in [-0.05, 0) is 18.8 Å². The number of piperidine rings is 1. The fourth-order valence-corrected chi connectivity index (χ4v) is 3.51. The molecule has 1 aromatic heterocycles. The zero-order valence-corrected chi connectivity index (χ0v) is 14.5. The Kier molecular flexibility index (Phi) is 5.93. The molecule has 3 aliphatic heterocycles. The first-order chi connectivity index (χ1) is 12.2. The van der Waals surface area contributed by atoms with Gasteiger partial charge in [0.05, 0.1) is 19.4 Å². The Morgan fingerprint density at radius 1 is 1.20 bits per heavy atom. The molecular weight excluding hydrogens is 324 g/mol. The molecule has 0 saturated carbocycles. The van der Waals surface area contributed by atoms with Crippen molar-refractivity contribution in [1.29, 1.82) is 0 Å². The van der Waals surface area contributed by atoms with Crippen LogP contribution in [0.3, 0.4) is 0 Å². The molecule has 0 aliphatic carbocycles. The number of carbonyl (C=O) groups excluding carboxylic acids is 2. The number of fused-ring (bicyclic) bond motifs is 4. The van der Waals surface area contributed by atoms with E-state index in [9.17, 15) is 9.59 Å². The summed E-state index contributed by atoms with van der Waals surface area (Å²) in [5.74, 6) is 0.164. The van der Waals surface area contributed by atoms with Gasteiger partial charge in [-0.3, -0.25) is 14.6 Å². The van der Waals surface area contributed by atoms with Crippen LogP contribution in [-0.4, -0.2) is 84.2 Å². The summed E-state index contributed by atoms with van der Waals surface area (Å²) in [6.45, 7) is 2.81. The molecule has 3 fully saturated rings. The molecule has 4 heterocycles. The van der Waals surface area contributed by atoms with Crippen LogP contribution in [0, 0.1) is 5.92 Å². The first-order valence-electron chi connectivity index (χ1n) is 8.60. The summed E-state index contributed by atoms with van der Waals surface area (Å²) in [5.41, 5.74) is 0.351. The minimum absolute atomic E-state index is 0.0143. The molecule has 2 atom stereocenters. The van der Waals surface area contributed by atoms with Gasteiger partial charge in [-0.25, -0.2) is 4.98 Å². The molecular formula is C17H24N4O4. The Bertz CT molecular complexity index is 598. The van der Waals surface area contributed by atoms with Gasteiger partial charge in [0.1, 0.15) is 12.3 Å². The van der Waals surface area contributed by atoms with Crippen LogP contribution >= 0.6 is 0 Å². The van der Waals surface area contributed by atoms with Crippen LogP contribution in [0.4, 0.5) is 0 Å². The van der Waals surface area contributed by atoms with E-state index in [1.807, 2.05) is 9.80 Å². The van der Waals surface area contributed by atoms with Crippen molar-refractivity contribution < 1.29 is 19.1 Å². The van der Waals surface area contributed by atoms with Gasteiger partial charge in [0.25, 0.3) is 5.91 Å². The van der Waals surface area contributed by atoms with Crippen molar-refractivity contribution in [3.63, 3.8) is 0 Å². The summed E-state index contributed by atoms with van der Waals surface area (Å²) < 4.78 is 10.3. The van der Waals surface area contributed by atoms with E-state index in [4.69, 9.17) is 9.47 Å². The maximum absolute atomic E-state index is 12.7. The highest BCUT2D eigenvalue weighted by atomic mass is 16.5. The second-order valence-electron chi connectivity index (χ2n) is 6.49. The second kappa shape index (κ2) is 8.35. The van der Waals surface area contributed by atoms with Crippen LogP contribution in [0.1, 0.15) is 23.3 Å². The van der Waals surface area contributed by atoms with Crippen molar-refractivity contribution in [2.45, 2.75) is 18.9 Å². The highest BCUT2D eigenvalue weighted by Crippen LogP contribution is 2.28. The van der Waals surface area contributed by atoms with Crippen LogP contribution in [-0.2, 0) is 14.3 Å².